The van der Waals surface area contributed by atoms with Crippen LogP contribution in [-0.2, 0) is 13.1 Å². The second-order valence-electron chi connectivity index (χ2n) is 8.25. The van der Waals surface area contributed by atoms with Crippen molar-refractivity contribution in [1.29, 1.82) is 0 Å². The number of hydrogen-bond donors (Lipinski definition) is 2. The van der Waals surface area contributed by atoms with E-state index in [9.17, 15) is 4.79 Å². The van der Waals surface area contributed by atoms with E-state index in [0.29, 0.717) is 13.1 Å². The molecule has 3 heterocycles. The minimum Gasteiger partial charge on any atom is -0.354 e. The fourth-order valence-electron chi connectivity index (χ4n) is 3.94. The summed E-state index contributed by atoms with van der Waals surface area (Å²) < 4.78 is 1.92. The third kappa shape index (κ3) is 5.08. The van der Waals surface area contributed by atoms with Gasteiger partial charge in [0.15, 0.2) is 0 Å². The summed E-state index contributed by atoms with van der Waals surface area (Å²) >= 11 is 0. The van der Waals surface area contributed by atoms with Gasteiger partial charge in [0, 0.05) is 56.7 Å². The van der Waals surface area contributed by atoms with Gasteiger partial charge in [0.1, 0.15) is 5.82 Å². The predicted molar refractivity (Wildman–Crippen MR) is 126 cm³/mol. The lowest BCUT2D eigenvalue weighted by molar-refractivity contribution is 0.240. The molecule has 8 heteroatoms. The Morgan fingerprint density at radius 1 is 1.00 bits per heavy atom. The summed E-state index contributed by atoms with van der Waals surface area (Å²) in [6.45, 7) is 8.89. The molecule has 0 bridgehead atoms. The first-order valence-electron chi connectivity index (χ1n) is 11.0. The number of nitrogens with zero attached hydrogens (tertiary/aromatic N) is 5. The number of pyridine rings is 1. The van der Waals surface area contributed by atoms with Gasteiger partial charge in [0.25, 0.3) is 0 Å². The van der Waals surface area contributed by atoms with Crippen LogP contribution in [0.25, 0.3) is 5.69 Å². The number of amides is 2. The number of rotatable bonds is 6. The van der Waals surface area contributed by atoms with Crippen molar-refractivity contribution in [3.63, 3.8) is 0 Å². The van der Waals surface area contributed by atoms with Gasteiger partial charge >= 0.3 is 6.03 Å². The molecular formula is C24H31N7O. The Balaban J connectivity index is 1.32. The van der Waals surface area contributed by atoms with E-state index in [1.165, 1.54) is 0 Å². The molecule has 168 valence electrons. The van der Waals surface area contributed by atoms with Crippen LogP contribution < -0.4 is 15.5 Å². The van der Waals surface area contributed by atoms with Gasteiger partial charge in [0.2, 0.25) is 0 Å². The molecule has 32 heavy (non-hydrogen) atoms. The number of aryl methyl sites for hydroxylation is 1. The summed E-state index contributed by atoms with van der Waals surface area (Å²) in [4.78, 5) is 21.5. The first-order chi connectivity index (χ1) is 15.5. The molecule has 1 fully saturated rings. The van der Waals surface area contributed by atoms with Crippen molar-refractivity contribution < 1.29 is 4.79 Å². The summed E-state index contributed by atoms with van der Waals surface area (Å²) in [6, 6.07) is 13.8. The number of piperazine rings is 1. The van der Waals surface area contributed by atoms with Crippen LogP contribution in [0.15, 0.2) is 48.7 Å². The molecule has 8 nitrogen and oxygen atoms in total. The normalized spacial score (nSPS) is 14.4. The second-order valence-corrected chi connectivity index (χ2v) is 8.25. The highest BCUT2D eigenvalue weighted by atomic mass is 16.2. The van der Waals surface area contributed by atoms with Crippen molar-refractivity contribution in [2.75, 3.05) is 38.1 Å². The highest BCUT2D eigenvalue weighted by molar-refractivity contribution is 5.74. The van der Waals surface area contributed by atoms with Gasteiger partial charge < -0.3 is 20.4 Å². The molecular weight excluding hydrogens is 402 g/mol. The lowest BCUT2D eigenvalue weighted by atomic mass is 10.2. The van der Waals surface area contributed by atoms with Crippen LogP contribution in [0.4, 0.5) is 10.6 Å². The second kappa shape index (κ2) is 9.82. The van der Waals surface area contributed by atoms with E-state index in [1.54, 1.807) is 0 Å². The van der Waals surface area contributed by atoms with Gasteiger partial charge in [-0.25, -0.2) is 14.5 Å². The zero-order chi connectivity index (χ0) is 22.5. The molecule has 1 saturated heterocycles. The molecule has 0 radical (unpaired) electrons. The van der Waals surface area contributed by atoms with Gasteiger partial charge in [-0.1, -0.05) is 18.2 Å². The predicted octanol–water partition coefficient (Wildman–Crippen LogP) is 2.64. The van der Waals surface area contributed by atoms with Crippen molar-refractivity contribution in [1.82, 2.24) is 30.3 Å². The quantitative estimate of drug-likeness (QED) is 0.625. The van der Waals surface area contributed by atoms with E-state index in [4.69, 9.17) is 0 Å². The number of aromatic nitrogens is 3. The molecule has 1 aliphatic heterocycles. The van der Waals surface area contributed by atoms with Crippen LogP contribution in [0.1, 0.15) is 22.5 Å². The summed E-state index contributed by atoms with van der Waals surface area (Å²) in [5, 5.41) is 10.6. The molecule has 2 N–H and O–H groups in total. The standard InChI is InChI=1S/C24H31N7O/c1-18-22(19(2)31(28-18)21-7-5-4-6-8-21)17-27-24(32)26-16-20-9-10-25-23(15-20)30-13-11-29(3)12-14-30/h4-10,15H,11-14,16-17H2,1-3H3,(H2,26,27,32). The summed E-state index contributed by atoms with van der Waals surface area (Å²) in [5.41, 5.74) is 5.02. The van der Waals surface area contributed by atoms with Crippen molar-refractivity contribution >= 4 is 11.8 Å². The van der Waals surface area contributed by atoms with E-state index in [1.807, 2.05) is 61.1 Å². The molecule has 0 unspecified atom stereocenters. The number of nitrogens with one attached hydrogen (secondary N) is 2. The molecule has 2 aromatic heterocycles. The van der Waals surface area contributed by atoms with Gasteiger partial charge in [-0.3, -0.25) is 0 Å². The smallest absolute Gasteiger partial charge is 0.315 e. The van der Waals surface area contributed by atoms with E-state index >= 15 is 0 Å². The Kier molecular flexibility index (Phi) is 6.70. The molecule has 3 aromatic rings. The first kappa shape index (κ1) is 21.8. The highest BCUT2D eigenvalue weighted by Gasteiger charge is 2.16. The first-order valence-corrected chi connectivity index (χ1v) is 11.0. The maximum Gasteiger partial charge on any atom is 0.315 e. The van der Waals surface area contributed by atoms with E-state index in [2.05, 4.69) is 43.6 Å². The van der Waals surface area contributed by atoms with Gasteiger partial charge in [-0.05, 0) is 50.7 Å². The molecule has 0 atom stereocenters. The number of para-hydroxylation sites is 1. The largest absolute Gasteiger partial charge is 0.354 e. The number of urea groups is 1. The molecule has 0 saturated carbocycles. The SMILES string of the molecule is Cc1nn(-c2ccccc2)c(C)c1CNC(=O)NCc1ccnc(N2CCN(C)CC2)c1. The van der Waals surface area contributed by atoms with E-state index in [0.717, 1.165) is 60.2 Å². The number of benzene rings is 1. The van der Waals surface area contributed by atoms with Crippen molar-refractivity contribution in [2.45, 2.75) is 26.9 Å². The average Bonchev–Trinajstić information content (AvgIpc) is 3.10. The van der Waals surface area contributed by atoms with Crippen molar-refractivity contribution in [3.8, 4) is 5.69 Å². The Morgan fingerprint density at radius 2 is 1.72 bits per heavy atom. The average molecular weight is 434 g/mol. The number of hydrogen-bond acceptors (Lipinski definition) is 5. The summed E-state index contributed by atoms with van der Waals surface area (Å²) in [5.74, 6) is 0.970. The van der Waals surface area contributed by atoms with Crippen LogP contribution in [0, 0.1) is 13.8 Å². The lowest BCUT2D eigenvalue weighted by Crippen LogP contribution is -2.44. The Morgan fingerprint density at radius 3 is 2.47 bits per heavy atom. The van der Waals surface area contributed by atoms with Crippen LogP contribution >= 0.6 is 0 Å². The third-order valence-electron chi connectivity index (χ3n) is 5.96. The highest BCUT2D eigenvalue weighted by Crippen LogP contribution is 2.18. The maximum absolute atomic E-state index is 12.4. The monoisotopic (exact) mass is 433 g/mol. The summed E-state index contributed by atoms with van der Waals surface area (Å²) in [6.07, 6.45) is 1.81. The zero-order valence-electron chi connectivity index (χ0n) is 19.0. The number of carbonyl (C=O) groups excluding carboxylic acids is 1. The molecule has 2 amide bonds. The Hall–Kier alpha value is -3.39. The lowest BCUT2D eigenvalue weighted by Gasteiger charge is -2.33. The molecule has 0 spiro atoms. The van der Waals surface area contributed by atoms with Crippen molar-refractivity contribution in [2.24, 2.45) is 0 Å². The van der Waals surface area contributed by atoms with Crippen LogP contribution in [-0.4, -0.2) is 58.9 Å². The van der Waals surface area contributed by atoms with E-state index in [-0.39, 0.29) is 6.03 Å². The Labute approximate surface area is 189 Å². The van der Waals surface area contributed by atoms with E-state index < -0.39 is 0 Å². The molecule has 1 aliphatic rings. The number of carbonyl (C=O) groups is 1. The number of anilines is 1. The minimum atomic E-state index is -0.200. The van der Waals surface area contributed by atoms with Crippen LogP contribution in [0.5, 0.6) is 0 Å². The fourth-order valence-corrected chi connectivity index (χ4v) is 3.94. The fraction of sp³-hybridized carbons (Fsp3) is 0.375. The maximum atomic E-state index is 12.4. The topological polar surface area (TPSA) is 78.3 Å². The van der Waals surface area contributed by atoms with Gasteiger partial charge in [0.05, 0.1) is 11.4 Å². The molecule has 0 aliphatic carbocycles. The van der Waals surface area contributed by atoms with Crippen LogP contribution in [0.3, 0.4) is 0 Å². The number of likely N-dealkylation sites (N-methyl/N-ethyl adjacent to an activating group) is 1. The van der Waals surface area contributed by atoms with Gasteiger partial charge in [-0.15, -0.1) is 0 Å². The van der Waals surface area contributed by atoms with Gasteiger partial charge in [-0.2, -0.15) is 5.10 Å². The minimum absolute atomic E-state index is 0.200. The molecule has 1 aromatic carbocycles. The van der Waals surface area contributed by atoms with Crippen LogP contribution in [0.2, 0.25) is 0 Å². The summed E-state index contributed by atoms with van der Waals surface area (Å²) in [7, 11) is 2.14. The Bertz CT molecular complexity index is 1060. The third-order valence-corrected chi connectivity index (χ3v) is 5.96. The molecule has 4 rings (SSSR count). The van der Waals surface area contributed by atoms with Crippen molar-refractivity contribution in [3.05, 3.63) is 71.2 Å². The zero-order valence-corrected chi connectivity index (χ0v) is 19.0.